The summed E-state index contributed by atoms with van der Waals surface area (Å²) >= 11 is 0. The second-order valence-corrected chi connectivity index (χ2v) is 4.20. The number of urea groups is 1. The minimum absolute atomic E-state index is 0.240. The number of carbonyl (C=O) groups excluding carboxylic acids is 1. The monoisotopic (exact) mass is 195 g/mol. The van der Waals surface area contributed by atoms with E-state index in [0.717, 1.165) is 32.5 Å². The SMILES string of the molecule is O=C(N1[CH]CCCC1)N1CCCCC1. The highest BCUT2D eigenvalue weighted by atomic mass is 16.2. The summed E-state index contributed by atoms with van der Waals surface area (Å²) in [5, 5.41) is 0. The molecule has 1 radical (unpaired) electrons. The van der Waals surface area contributed by atoms with Crippen molar-refractivity contribution in [1.29, 1.82) is 0 Å². The fourth-order valence-electron chi connectivity index (χ4n) is 2.21. The van der Waals surface area contributed by atoms with Crippen molar-refractivity contribution >= 4 is 6.03 Å². The minimum atomic E-state index is 0.240. The Kier molecular flexibility index (Phi) is 3.27. The lowest BCUT2D eigenvalue weighted by Crippen LogP contribution is -2.45. The Morgan fingerprint density at radius 1 is 0.929 bits per heavy atom. The summed E-state index contributed by atoms with van der Waals surface area (Å²) in [6.07, 6.45) is 7.12. The van der Waals surface area contributed by atoms with Gasteiger partial charge in [-0.15, -0.1) is 0 Å². The van der Waals surface area contributed by atoms with Crippen molar-refractivity contribution < 1.29 is 4.79 Å². The van der Waals surface area contributed by atoms with Gasteiger partial charge >= 0.3 is 6.03 Å². The lowest BCUT2D eigenvalue weighted by atomic mass is 10.1. The lowest BCUT2D eigenvalue weighted by Gasteiger charge is -2.34. The van der Waals surface area contributed by atoms with Crippen LogP contribution in [0.3, 0.4) is 0 Å². The van der Waals surface area contributed by atoms with Crippen LogP contribution in [-0.2, 0) is 0 Å². The summed E-state index contributed by atoms with van der Waals surface area (Å²) in [4.78, 5) is 15.9. The maximum atomic E-state index is 12.0. The van der Waals surface area contributed by atoms with Crippen LogP contribution >= 0.6 is 0 Å². The van der Waals surface area contributed by atoms with E-state index in [1.165, 1.54) is 25.7 Å². The molecule has 79 valence electrons. The molecule has 0 bridgehead atoms. The topological polar surface area (TPSA) is 23.6 Å². The second-order valence-electron chi connectivity index (χ2n) is 4.20. The van der Waals surface area contributed by atoms with Gasteiger partial charge in [0.15, 0.2) is 0 Å². The number of nitrogens with zero attached hydrogens (tertiary/aromatic N) is 2. The van der Waals surface area contributed by atoms with E-state index in [0.29, 0.717) is 0 Å². The van der Waals surface area contributed by atoms with Crippen LogP contribution in [0, 0.1) is 6.54 Å². The van der Waals surface area contributed by atoms with Crippen LogP contribution in [0.1, 0.15) is 38.5 Å². The van der Waals surface area contributed by atoms with Gasteiger partial charge in [-0.05, 0) is 38.5 Å². The molecule has 2 aliphatic rings. The smallest absolute Gasteiger partial charge is 0.320 e. The summed E-state index contributed by atoms with van der Waals surface area (Å²) in [7, 11) is 0. The first-order valence-corrected chi connectivity index (χ1v) is 5.77. The van der Waals surface area contributed by atoms with E-state index in [2.05, 4.69) is 6.54 Å². The molecule has 2 fully saturated rings. The van der Waals surface area contributed by atoms with Gasteiger partial charge in [-0.1, -0.05) is 0 Å². The molecule has 0 atom stereocenters. The van der Waals surface area contributed by atoms with E-state index >= 15 is 0 Å². The molecule has 0 saturated carbocycles. The molecule has 0 aromatic rings. The predicted molar refractivity (Wildman–Crippen MR) is 55.7 cm³/mol. The average molecular weight is 195 g/mol. The zero-order chi connectivity index (χ0) is 9.80. The lowest BCUT2D eigenvalue weighted by molar-refractivity contribution is 0.147. The number of amides is 2. The number of likely N-dealkylation sites (tertiary alicyclic amines) is 2. The average Bonchev–Trinajstić information content (AvgIpc) is 2.30. The first-order valence-electron chi connectivity index (χ1n) is 5.77. The van der Waals surface area contributed by atoms with Gasteiger partial charge in [-0.25, -0.2) is 4.79 Å². The molecule has 14 heavy (non-hydrogen) atoms. The summed E-state index contributed by atoms with van der Waals surface area (Å²) in [5.41, 5.74) is 0. The Labute approximate surface area is 86.1 Å². The Bertz CT molecular complexity index is 173. The van der Waals surface area contributed by atoms with Gasteiger partial charge in [-0.3, -0.25) is 0 Å². The third-order valence-corrected chi connectivity index (χ3v) is 3.07. The van der Waals surface area contributed by atoms with E-state index in [1.54, 1.807) is 0 Å². The molecule has 3 nitrogen and oxygen atoms in total. The van der Waals surface area contributed by atoms with Crippen molar-refractivity contribution in [2.24, 2.45) is 0 Å². The first kappa shape index (κ1) is 9.81. The number of hydrogen-bond acceptors (Lipinski definition) is 1. The summed E-state index contributed by atoms with van der Waals surface area (Å²) < 4.78 is 0. The molecule has 3 heteroatoms. The van der Waals surface area contributed by atoms with Crippen LogP contribution in [-0.4, -0.2) is 35.5 Å². The fraction of sp³-hybridized carbons (Fsp3) is 0.818. The number of piperidine rings is 2. The quantitative estimate of drug-likeness (QED) is 0.581. The summed E-state index contributed by atoms with van der Waals surface area (Å²) in [5.74, 6) is 0. The zero-order valence-corrected chi connectivity index (χ0v) is 8.74. The van der Waals surface area contributed by atoms with Crippen molar-refractivity contribution in [2.45, 2.75) is 38.5 Å². The van der Waals surface area contributed by atoms with Gasteiger partial charge in [0.05, 0.1) is 6.54 Å². The first-order chi connectivity index (χ1) is 6.88. The van der Waals surface area contributed by atoms with Crippen LogP contribution in [0.15, 0.2) is 0 Å². The second kappa shape index (κ2) is 4.67. The molecular weight excluding hydrogens is 176 g/mol. The molecule has 0 spiro atoms. The number of hydrogen-bond donors (Lipinski definition) is 0. The van der Waals surface area contributed by atoms with Crippen molar-refractivity contribution in [3.8, 4) is 0 Å². The van der Waals surface area contributed by atoms with Crippen LogP contribution in [0.2, 0.25) is 0 Å². The third kappa shape index (κ3) is 2.20. The van der Waals surface area contributed by atoms with E-state index in [1.807, 2.05) is 9.80 Å². The van der Waals surface area contributed by atoms with Crippen LogP contribution in [0.25, 0.3) is 0 Å². The standard InChI is InChI=1S/C11H19N2O/c14-11(12-7-3-1-4-8-12)13-9-5-2-6-10-13/h7H,1-6,8-10H2. The Morgan fingerprint density at radius 2 is 1.64 bits per heavy atom. The summed E-state index contributed by atoms with van der Waals surface area (Å²) in [6, 6.07) is 0.240. The van der Waals surface area contributed by atoms with Crippen LogP contribution in [0.4, 0.5) is 4.79 Å². The molecule has 0 aromatic carbocycles. The van der Waals surface area contributed by atoms with Crippen molar-refractivity contribution in [3.05, 3.63) is 6.54 Å². The van der Waals surface area contributed by atoms with Gasteiger partial charge in [0, 0.05) is 19.6 Å². The highest BCUT2D eigenvalue weighted by Crippen LogP contribution is 2.17. The van der Waals surface area contributed by atoms with Gasteiger partial charge in [-0.2, -0.15) is 0 Å². The van der Waals surface area contributed by atoms with Gasteiger partial charge in [0.2, 0.25) is 0 Å². The van der Waals surface area contributed by atoms with Crippen LogP contribution < -0.4 is 0 Å². The Balaban J connectivity index is 1.85. The van der Waals surface area contributed by atoms with Crippen LogP contribution in [0.5, 0.6) is 0 Å². The molecular formula is C11H19N2O. The van der Waals surface area contributed by atoms with Gasteiger partial charge in [0.1, 0.15) is 0 Å². The maximum Gasteiger partial charge on any atom is 0.320 e. The van der Waals surface area contributed by atoms with E-state index in [9.17, 15) is 4.79 Å². The molecule has 2 saturated heterocycles. The Hall–Kier alpha value is -0.730. The zero-order valence-electron chi connectivity index (χ0n) is 8.74. The molecule has 2 aliphatic heterocycles. The Morgan fingerprint density at radius 3 is 2.29 bits per heavy atom. The van der Waals surface area contributed by atoms with Crippen molar-refractivity contribution in [2.75, 3.05) is 19.6 Å². The molecule has 0 aromatic heterocycles. The number of rotatable bonds is 0. The largest absolute Gasteiger partial charge is 0.325 e. The van der Waals surface area contributed by atoms with Gasteiger partial charge in [0.25, 0.3) is 0 Å². The third-order valence-electron chi connectivity index (χ3n) is 3.07. The number of carbonyl (C=O) groups is 1. The molecule has 0 N–H and O–H groups in total. The molecule has 2 heterocycles. The molecule has 2 amide bonds. The van der Waals surface area contributed by atoms with E-state index in [-0.39, 0.29) is 6.03 Å². The highest BCUT2D eigenvalue weighted by Gasteiger charge is 2.23. The fourth-order valence-corrected chi connectivity index (χ4v) is 2.21. The van der Waals surface area contributed by atoms with E-state index in [4.69, 9.17) is 0 Å². The van der Waals surface area contributed by atoms with E-state index < -0.39 is 0 Å². The minimum Gasteiger partial charge on any atom is -0.325 e. The van der Waals surface area contributed by atoms with Crippen molar-refractivity contribution in [3.63, 3.8) is 0 Å². The van der Waals surface area contributed by atoms with Gasteiger partial charge < -0.3 is 9.80 Å². The summed E-state index contributed by atoms with van der Waals surface area (Å²) in [6.45, 7) is 4.92. The van der Waals surface area contributed by atoms with Crippen molar-refractivity contribution in [1.82, 2.24) is 9.80 Å². The predicted octanol–water partition coefficient (Wildman–Crippen LogP) is 2.24. The maximum absolute atomic E-state index is 12.0. The normalized spacial score (nSPS) is 23.7. The molecule has 0 aliphatic carbocycles. The molecule has 0 unspecified atom stereocenters. The highest BCUT2D eigenvalue weighted by molar-refractivity contribution is 5.75. The molecule has 2 rings (SSSR count).